The van der Waals surface area contributed by atoms with Gasteiger partial charge in [0.1, 0.15) is 17.6 Å². The first-order chi connectivity index (χ1) is 11.2. The van der Waals surface area contributed by atoms with Crippen LogP contribution >= 0.6 is 0 Å². The van der Waals surface area contributed by atoms with E-state index in [1.807, 2.05) is 55.6 Å². The van der Waals surface area contributed by atoms with Gasteiger partial charge in [0, 0.05) is 24.4 Å². The van der Waals surface area contributed by atoms with Crippen LogP contribution in [0.25, 0.3) is 6.08 Å². The number of methoxy groups -OCH3 is 2. The average Bonchev–Trinajstić information content (AvgIpc) is 2.61. The van der Waals surface area contributed by atoms with Crippen LogP contribution in [0.2, 0.25) is 0 Å². The summed E-state index contributed by atoms with van der Waals surface area (Å²) in [7, 11) is 5.21. The Balaban J connectivity index is 1.99. The first-order valence-electron chi connectivity index (χ1n) is 7.55. The summed E-state index contributed by atoms with van der Waals surface area (Å²) in [5, 5.41) is 10.9. The average molecular weight is 311 g/mol. The van der Waals surface area contributed by atoms with Crippen molar-refractivity contribution < 1.29 is 14.6 Å². The van der Waals surface area contributed by atoms with E-state index in [0.29, 0.717) is 11.5 Å². The molecule has 0 bridgehead atoms. The fourth-order valence-corrected chi connectivity index (χ4v) is 3.02. The molecule has 2 aromatic rings. The maximum absolute atomic E-state index is 10.9. The van der Waals surface area contributed by atoms with Crippen molar-refractivity contribution in [1.82, 2.24) is 0 Å². The van der Waals surface area contributed by atoms with Gasteiger partial charge >= 0.3 is 0 Å². The summed E-state index contributed by atoms with van der Waals surface area (Å²) < 4.78 is 10.8. The molecule has 2 atom stereocenters. The fraction of sp³-hybridized carbons (Fsp3) is 0.263. The highest BCUT2D eigenvalue weighted by Gasteiger charge is 2.31. The molecule has 0 aromatic heterocycles. The molecule has 0 spiro atoms. The molecule has 0 aliphatic heterocycles. The molecule has 3 rings (SSSR count). The van der Waals surface area contributed by atoms with Gasteiger partial charge in [0.2, 0.25) is 0 Å². The molecule has 120 valence electrons. The Morgan fingerprint density at radius 3 is 2.43 bits per heavy atom. The van der Waals surface area contributed by atoms with Crippen LogP contribution in [-0.2, 0) is 0 Å². The molecule has 0 heterocycles. The van der Waals surface area contributed by atoms with Crippen molar-refractivity contribution in [2.75, 3.05) is 26.2 Å². The number of para-hydroxylation sites is 1. The second kappa shape index (κ2) is 6.34. The van der Waals surface area contributed by atoms with Crippen molar-refractivity contribution >= 4 is 11.8 Å². The number of aliphatic hydroxyl groups excluding tert-OH is 1. The van der Waals surface area contributed by atoms with Crippen LogP contribution in [0.1, 0.15) is 17.2 Å². The Kier molecular flexibility index (Phi) is 4.26. The van der Waals surface area contributed by atoms with Crippen LogP contribution < -0.4 is 14.4 Å². The van der Waals surface area contributed by atoms with Gasteiger partial charge in [-0.3, -0.25) is 0 Å². The van der Waals surface area contributed by atoms with Gasteiger partial charge in [0.15, 0.2) is 0 Å². The number of hydrogen-bond acceptors (Lipinski definition) is 4. The minimum Gasteiger partial charge on any atom is -0.497 e. The van der Waals surface area contributed by atoms with Gasteiger partial charge in [-0.2, -0.15) is 0 Å². The first kappa shape index (κ1) is 15.4. The molecule has 0 amide bonds. The van der Waals surface area contributed by atoms with Gasteiger partial charge in [-0.1, -0.05) is 30.4 Å². The smallest absolute Gasteiger partial charge is 0.129 e. The zero-order valence-electron chi connectivity index (χ0n) is 13.6. The molecule has 0 radical (unpaired) electrons. The van der Waals surface area contributed by atoms with Crippen molar-refractivity contribution in [1.29, 1.82) is 0 Å². The van der Waals surface area contributed by atoms with E-state index >= 15 is 0 Å². The number of fused-ring (bicyclic) bond motifs is 1. The zero-order chi connectivity index (χ0) is 16.4. The Morgan fingerprint density at radius 2 is 1.78 bits per heavy atom. The van der Waals surface area contributed by atoms with E-state index in [2.05, 4.69) is 4.90 Å². The lowest BCUT2D eigenvalue weighted by Gasteiger charge is -2.35. The molecule has 4 nitrogen and oxygen atoms in total. The van der Waals surface area contributed by atoms with Gasteiger partial charge in [-0.05, 0) is 23.8 Å². The third-order valence-corrected chi connectivity index (χ3v) is 4.31. The van der Waals surface area contributed by atoms with Crippen molar-refractivity contribution in [3.8, 4) is 11.5 Å². The Bertz CT molecular complexity index is 712. The summed E-state index contributed by atoms with van der Waals surface area (Å²) >= 11 is 0. The van der Waals surface area contributed by atoms with Crippen molar-refractivity contribution in [2.45, 2.75) is 12.1 Å². The maximum Gasteiger partial charge on any atom is 0.129 e. The van der Waals surface area contributed by atoms with Crippen LogP contribution in [-0.4, -0.2) is 32.4 Å². The van der Waals surface area contributed by atoms with Crippen LogP contribution in [0.5, 0.6) is 11.5 Å². The normalized spacial score (nSPS) is 19.1. The molecule has 1 aliphatic carbocycles. The number of benzene rings is 2. The zero-order valence-corrected chi connectivity index (χ0v) is 13.6. The molecule has 1 N–H and O–H groups in total. The number of nitrogens with zero attached hydrogens (tertiary/aromatic N) is 1. The summed E-state index contributed by atoms with van der Waals surface area (Å²) in [4.78, 5) is 2.06. The molecule has 0 saturated heterocycles. The SMILES string of the molecule is COc1cc2c(c(OC)c1)[C@H](O)[C@@H](N(C)c1ccccc1)C=C2. The van der Waals surface area contributed by atoms with Crippen molar-refractivity contribution in [3.05, 3.63) is 59.7 Å². The first-order valence-corrected chi connectivity index (χ1v) is 7.55. The third kappa shape index (κ3) is 2.78. The molecule has 1 aliphatic rings. The molecule has 2 aromatic carbocycles. The highest BCUT2D eigenvalue weighted by Crippen LogP contribution is 2.40. The number of hydrogen-bond donors (Lipinski definition) is 1. The highest BCUT2D eigenvalue weighted by atomic mass is 16.5. The van der Waals surface area contributed by atoms with Crippen LogP contribution in [0, 0.1) is 0 Å². The van der Waals surface area contributed by atoms with Crippen molar-refractivity contribution in [2.24, 2.45) is 0 Å². The van der Waals surface area contributed by atoms with Crippen LogP contribution in [0.4, 0.5) is 5.69 Å². The lowest BCUT2D eigenvalue weighted by atomic mass is 9.89. The lowest BCUT2D eigenvalue weighted by molar-refractivity contribution is 0.155. The molecular weight excluding hydrogens is 290 g/mol. The maximum atomic E-state index is 10.9. The molecule has 0 fully saturated rings. The van der Waals surface area contributed by atoms with E-state index in [1.165, 1.54) is 0 Å². The van der Waals surface area contributed by atoms with Gasteiger partial charge in [0.25, 0.3) is 0 Å². The van der Waals surface area contributed by atoms with Crippen LogP contribution in [0.3, 0.4) is 0 Å². The van der Waals surface area contributed by atoms with E-state index in [0.717, 1.165) is 16.8 Å². The summed E-state index contributed by atoms with van der Waals surface area (Å²) in [6.07, 6.45) is 3.34. The van der Waals surface area contributed by atoms with E-state index in [9.17, 15) is 5.11 Å². The predicted octanol–water partition coefficient (Wildman–Crippen LogP) is 3.27. The van der Waals surface area contributed by atoms with Crippen molar-refractivity contribution in [3.63, 3.8) is 0 Å². The number of rotatable bonds is 4. The van der Waals surface area contributed by atoms with Gasteiger partial charge < -0.3 is 19.5 Å². The van der Waals surface area contributed by atoms with E-state index in [4.69, 9.17) is 9.47 Å². The summed E-state index contributed by atoms with van der Waals surface area (Å²) in [6.45, 7) is 0. The summed E-state index contributed by atoms with van der Waals surface area (Å²) in [6, 6.07) is 13.6. The third-order valence-electron chi connectivity index (χ3n) is 4.31. The molecule has 0 unspecified atom stereocenters. The summed E-state index contributed by atoms with van der Waals surface area (Å²) in [5.74, 6) is 1.36. The van der Waals surface area contributed by atoms with E-state index in [-0.39, 0.29) is 6.04 Å². The quantitative estimate of drug-likeness (QED) is 0.941. The largest absolute Gasteiger partial charge is 0.497 e. The van der Waals surface area contributed by atoms with E-state index < -0.39 is 6.10 Å². The highest BCUT2D eigenvalue weighted by molar-refractivity contribution is 5.67. The second-order valence-electron chi connectivity index (χ2n) is 5.57. The summed E-state index contributed by atoms with van der Waals surface area (Å²) in [5.41, 5.74) is 2.77. The van der Waals surface area contributed by atoms with Gasteiger partial charge in [-0.25, -0.2) is 0 Å². The van der Waals surface area contributed by atoms with E-state index in [1.54, 1.807) is 20.3 Å². The number of aliphatic hydroxyl groups is 1. The second-order valence-corrected chi connectivity index (χ2v) is 5.57. The number of likely N-dealkylation sites (N-methyl/N-ethyl adjacent to an activating group) is 1. The topological polar surface area (TPSA) is 41.9 Å². The molecular formula is C19H21NO3. The molecule has 0 saturated carbocycles. The molecule has 4 heteroatoms. The van der Waals surface area contributed by atoms with Gasteiger partial charge in [0.05, 0.1) is 20.3 Å². The Labute approximate surface area is 136 Å². The number of ether oxygens (including phenoxy) is 2. The Morgan fingerprint density at radius 1 is 1.04 bits per heavy atom. The minimum atomic E-state index is -0.680. The number of anilines is 1. The lowest BCUT2D eigenvalue weighted by Crippen LogP contribution is -2.37. The van der Waals surface area contributed by atoms with Gasteiger partial charge in [-0.15, -0.1) is 0 Å². The monoisotopic (exact) mass is 311 g/mol. The van der Waals surface area contributed by atoms with Crippen LogP contribution in [0.15, 0.2) is 48.5 Å². The predicted molar refractivity (Wildman–Crippen MR) is 92.2 cm³/mol. The minimum absolute atomic E-state index is 0.160. The molecule has 23 heavy (non-hydrogen) atoms. The Hall–Kier alpha value is -2.46. The fourth-order valence-electron chi connectivity index (χ4n) is 3.02. The standard InChI is InChI=1S/C19H21NO3/c1-20(14-7-5-4-6-8-14)16-10-9-13-11-15(22-2)12-17(23-3)18(13)19(16)21/h4-12,16,19,21H,1-3H3/t16-,19+/m0/s1.